The van der Waals surface area contributed by atoms with Gasteiger partial charge in [0.2, 0.25) is 0 Å². The number of halogens is 1. The summed E-state index contributed by atoms with van der Waals surface area (Å²) in [5.74, 6) is 1.43. The quantitative estimate of drug-likeness (QED) is 0.852. The third-order valence-electron chi connectivity index (χ3n) is 2.97. The molecule has 2 aromatic rings. The molecule has 5 heteroatoms. The molecule has 0 fully saturated rings. The van der Waals surface area contributed by atoms with Crippen LogP contribution >= 0.6 is 23.4 Å². The molecule has 0 saturated heterocycles. The fourth-order valence-electron chi connectivity index (χ4n) is 2.16. The van der Waals surface area contributed by atoms with Crippen LogP contribution in [0.2, 0.25) is 5.15 Å². The third-order valence-corrected chi connectivity index (χ3v) is 4.44. The number of fused-ring (bicyclic) bond motifs is 1. The third kappa shape index (κ3) is 2.80. The standard InChI is InChI=1S/C14H13ClN2OS/c15-13-7-9(8-14(16)17-13)19-12-5-6-18-11-4-2-1-3-10(11)12/h1-4,7-8,12H,5-6H2,(H2,16,17). The van der Waals surface area contributed by atoms with Crippen LogP contribution in [0.5, 0.6) is 5.75 Å². The molecule has 3 nitrogen and oxygen atoms in total. The molecular formula is C14H13ClN2OS. The van der Waals surface area contributed by atoms with Crippen molar-refractivity contribution in [1.29, 1.82) is 0 Å². The zero-order valence-corrected chi connectivity index (χ0v) is 11.7. The van der Waals surface area contributed by atoms with Crippen molar-refractivity contribution in [2.24, 2.45) is 0 Å². The molecule has 1 aliphatic rings. The van der Waals surface area contributed by atoms with Crippen molar-refractivity contribution < 1.29 is 4.74 Å². The summed E-state index contributed by atoms with van der Waals surface area (Å²) in [6, 6.07) is 11.9. The number of benzene rings is 1. The summed E-state index contributed by atoms with van der Waals surface area (Å²) in [5.41, 5.74) is 6.95. The number of pyridine rings is 1. The average Bonchev–Trinajstić information content (AvgIpc) is 2.38. The average molecular weight is 293 g/mol. The van der Waals surface area contributed by atoms with E-state index in [0.29, 0.717) is 16.2 Å². The highest BCUT2D eigenvalue weighted by Crippen LogP contribution is 2.44. The van der Waals surface area contributed by atoms with Gasteiger partial charge in [0.05, 0.1) is 6.61 Å². The number of rotatable bonds is 2. The molecule has 0 bridgehead atoms. The summed E-state index contributed by atoms with van der Waals surface area (Å²) >= 11 is 7.69. The lowest BCUT2D eigenvalue weighted by molar-refractivity contribution is 0.286. The number of nitrogens with zero attached hydrogens (tertiary/aromatic N) is 1. The van der Waals surface area contributed by atoms with Crippen LogP contribution < -0.4 is 10.5 Å². The smallest absolute Gasteiger partial charge is 0.132 e. The van der Waals surface area contributed by atoms with Crippen LogP contribution in [0.25, 0.3) is 0 Å². The molecule has 1 aromatic heterocycles. The lowest BCUT2D eigenvalue weighted by Gasteiger charge is -2.25. The van der Waals surface area contributed by atoms with Crippen molar-refractivity contribution in [2.75, 3.05) is 12.3 Å². The van der Waals surface area contributed by atoms with E-state index in [1.807, 2.05) is 30.3 Å². The maximum Gasteiger partial charge on any atom is 0.132 e. The largest absolute Gasteiger partial charge is 0.493 e. The van der Waals surface area contributed by atoms with Gasteiger partial charge in [-0.25, -0.2) is 4.98 Å². The molecule has 3 rings (SSSR count). The Hall–Kier alpha value is -1.39. The second-order valence-corrected chi connectivity index (χ2v) is 6.00. The van der Waals surface area contributed by atoms with Crippen molar-refractivity contribution in [3.8, 4) is 5.75 Å². The van der Waals surface area contributed by atoms with Crippen LogP contribution in [0.1, 0.15) is 17.2 Å². The molecule has 1 unspecified atom stereocenters. The summed E-state index contributed by atoms with van der Waals surface area (Å²) in [4.78, 5) is 5.02. The number of aromatic nitrogens is 1. The van der Waals surface area contributed by atoms with Crippen LogP contribution in [-0.2, 0) is 0 Å². The normalized spacial score (nSPS) is 17.6. The van der Waals surface area contributed by atoms with Crippen LogP contribution in [0.15, 0.2) is 41.3 Å². The van der Waals surface area contributed by atoms with E-state index in [4.69, 9.17) is 22.1 Å². The molecular weight excluding hydrogens is 280 g/mol. The second kappa shape index (κ2) is 5.31. The van der Waals surface area contributed by atoms with Gasteiger partial charge in [0.1, 0.15) is 16.7 Å². The first kappa shape index (κ1) is 12.6. The van der Waals surface area contributed by atoms with Gasteiger partial charge in [-0.15, -0.1) is 11.8 Å². The highest BCUT2D eigenvalue weighted by Gasteiger charge is 2.22. The molecule has 2 heterocycles. The zero-order valence-electron chi connectivity index (χ0n) is 10.2. The maximum absolute atomic E-state index is 5.94. The maximum atomic E-state index is 5.94. The molecule has 0 radical (unpaired) electrons. The Kier molecular flexibility index (Phi) is 3.53. The fourth-order valence-corrected chi connectivity index (χ4v) is 3.67. The highest BCUT2D eigenvalue weighted by atomic mass is 35.5. The van der Waals surface area contributed by atoms with Gasteiger partial charge in [-0.2, -0.15) is 0 Å². The minimum atomic E-state index is 0.364. The Labute approximate surface area is 121 Å². The van der Waals surface area contributed by atoms with E-state index in [9.17, 15) is 0 Å². The number of nitrogens with two attached hydrogens (primary N) is 1. The van der Waals surface area contributed by atoms with E-state index in [-0.39, 0.29) is 0 Å². The van der Waals surface area contributed by atoms with Gasteiger partial charge in [0.15, 0.2) is 0 Å². The predicted molar refractivity (Wildman–Crippen MR) is 78.8 cm³/mol. The molecule has 98 valence electrons. The van der Waals surface area contributed by atoms with Gasteiger partial charge >= 0.3 is 0 Å². The van der Waals surface area contributed by atoms with Crippen LogP contribution in [0.4, 0.5) is 5.82 Å². The van der Waals surface area contributed by atoms with Gasteiger partial charge in [-0.3, -0.25) is 0 Å². The zero-order chi connectivity index (χ0) is 13.2. The number of anilines is 1. The molecule has 1 atom stereocenters. The number of ether oxygens (including phenoxy) is 1. The van der Waals surface area contributed by atoms with E-state index >= 15 is 0 Å². The SMILES string of the molecule is Nc1cc(SC2CCOc3ccccc32)cc(Cl)n1. The van der Waals surface area contributed by atoms with Gasteiger partial charge in [-0.1, -0.05) is 29.8 Å². The van der Waals surface area contributed by atoms with Crippen LogP contribution in [0.3, 0.4) is 0 Å². The Morgan fingerprint density at radius 3 is 3.00 bits per heavy atom. The minimum Gasteiger partial charge on any atom is -0.493 e. The Bertz CT molecular complexity index is 585. The molecule has 19 heavy (non-hydrogen) atoms. The van der Waals surface area contributed by atoms with Crippen LogP contribution in [-0.4, -0.2) is 11.6 Å². The Morgan fingerprint density at radius 2 is 2.16 bits per heavy atom. The Balaban J connectivity index is 1.88. The first-order chi connectivity index (χ1) is 9.22. The van der Waals surface area contributed by atoms with Crippen molar-refractivity contribution in [2.45, 2.75) is 16.6 Å². The van der Waals surface area contributed by atoms with Gasteiger partial charge < -0.3 is 10.5 Å². The molecule has 0 saturated carbocycles. The van der Waals surface area contributed by atoms with E-state index < -0.39 is 0 Å². The van der Waals surface area contributed by atoms with E-state index in [2.05, 4.69) is 11.1 Å². The molecule has 0 aliphatic carbocycles. The van der Waals surface area contributed by atoms with E-state index in [0.717, 1.165) is 23.7 Å². The molecule has 1 aromatic carbocycles. The first-order valence-electron chi connectivity index (χ1n) is 6.04. The number of para-hydroxylation sites is 1. The monoisotopic (exact) mass is 292 g/mol. The van der Waals surface area contributed by atoms with Crippen molar-refractivity contribution >= 4 is 29.2 Å². The predicted octanol–water partition coefficient (Wildman–Crippen LogP) is 3.93. The lowest BCUT2D eigenvalue weighted by Crippen LogP contribution is -2.11. The highest BCUT2D eigenvalue weighted by molar-refractivity contribution is 7.99. The van der Waals surface area contributed by atoms with Gasteiger partial charge in [0, 0.05) is 15.7 Å². The summed E-state index contributed by atoms with van der Waals surface area (Å²) < 4.78 is 5.66. The first-order valence-corrected chi connectivity index (χ1v) is 7.29. The summed E-state index contributed by atoms with van der Waals surface area (Å²) in [6.45, 7) is 0.739. The summed E-state index contributed by atoms with van der Waals surface area (Å²) in [6.07, 6.45) is 0.974. The second-order valence-electron chi connectivity index (χ2n) is 4.33. The number of nitrogen functional groups attached to an aromatic ring is 1. The van der Waals surface area contributed by atoms with Crippen molar-refractivity contribution in [3.63, 3.8) is 0 Å². The molecule has 0 amide bonds. The van der Waals surface area contributed by atoms with Crippen LogP contribution in [0, 0.1) is 0 Å². The summed E-state index contributed by atoms with van der Waals surface area (Å²) in [5, 5.41) is 0.797. The van der Waals surface area contributed by atoms with Crippen molar-refractivity contribution in [1.82, 2.24) is 4.98 Å². The van der Waals surface area contributed by atoms with Crippen molar-refractivity contribution in [3.05, 3.63) is 47.1 Å². The number of thioether (sulfide) groups is 1. The molecule has 1 aliphatic heterocycles. The van der Waals surface area contributed by atoms with Gasteiger partial charge in [0.25, 0.3) is 0 Å². The number of hydrogen-bond donors (Lipinski definition) is 1. The fraction of sp³-hybridized carbons (Fsp3) is 0.214. The lowest BCUT2D eigenvalue weighted by atomic mass is 10.1. The van der Waals surface area contributed by atoms with E-state index in [1.54, 1.807) is 11.8 Å². The minimum absolute atomic E-state index is 0.364. The molecule has 0 spiro atoms. The summed E-state index contributed by atoms with van der Waals surface area (Å²) in [7, 11) is 0. The molecule has 2 N–H and O–H groups in total. The van der Waals surface area contributed by atoms with E-state index in [1.165, 1.54) is 5.56 Å². The Morgan fingerprint density at radius 1 is 1.32 bits per heavy atom. The number of hydrogen-bond acceptors (Lipinski definition) is 4. The topological polar surface area (TPSA) is 48.1 Å². The van der Waals surface area contributed by atoms with Gasteiger partial charge in [-0.05, 0) is 24.6 Å².